The van der Waals surface area contributed by atoms with E-state index >= 15 is 0 Å². The first-order chi connectivity index (χ1) is 17.0. The van der Waals surface area contributed by atoms with E-state index in [-0.39, 0.29) is 24.0 Å². The van der Waals surface area contributed by atoms with Gasteiger partial charge in [-0.1, -0.05) is 59.9 Å². The minimum atomic E-state index is -0.674. The van der Waals surface area contributed by atoms with Crippen LogP contribution < -0.4 is 14.8 Å². The maximum Gasteiger partial charge on any atom is 0.236 e. The standard InChI is InChI=1S/C27H19FN2O4S/c28-19-8-4-7-17(13-19)23(31)24-22(16-5-2-1-3-6-16)29-26(35-24)30-25(32)27(11-12-27)18-9-10-20-21(14-18)34-15-33-20/h1-10,13-14H,11-12,15H2,(H,29,30,32). The van der Waals surface area contributed by atoms with E-state index < -0.39 is 11.2 Å². The van der Waals surface area contributed by atoms with Gasteiger partial charge < -0.3 is 14.8 Å². The molecule has 0 saturated heterocycles. The number of thiazole rings is 1. The van der Waals surface area contributed by atoms with Crippen molar-refractivity contribution in [1.29, 1.82) is 0 Å². The highest BCUT2D eigenvalue weighted by Gasteiger charge is 2.52. The van der Waals surface area contributed by atoms with Crippen LogP contribution in [-0.4, -0.2) is 23.5 Å². The third kappa shape index (κ3) is 3.85. The van der Waals surface area contributed by atoms with Gasteiger partial charge in [-0.2, -0.15) is 0 Å². The normalized spacial score (nSPS) is 15.0. The topological polar surface area (TPSA) is 77.5 Å². The van der Waals surface area contributed by atoms with Crippen molar-refractivity contribution < 1.29 is 23.5 Å². The molecular weight excluding hydrogens is 467 g/mol. The molecule has 1 fully saturated rings. The molecule has 0 atom stereocenters. The Hall–Kier alpha value is -4.04. The summed E-state index contributed by atoms with van der Waals surface area (Å²) < 4.78 is 24.6. The van der Waals surface area contributed by atoms with Gasteiger partial charge in [-0.05, 0) is 42.7 Å². The van der Waals surface area contributed by atoms with E-state index in [0.29, 0.717) is 40.0 Å². The summed E-state index contributed by atoms with van der Waals surface area (Å²) in [4.78, 5) is 31.6. The van der Waals surface area contributed by atoms with E-state index in [1.165, 1.54) is 18.2 Å². The molecule has 1 N–H and O–H groups in total. The van der Waals surface area contributed by atoms with Crippen LogP contribution in [0.5, 0.6) is 11.5 Å². The fourth-order valence-electron chi connectivity index (χ4n) is 4.26. The molecule has 1 aliphatic carbocycles. The first-order valence-corrected chi connectivity index (χ1v) is 11.9. The molecule has 4 aromatic rings. The van der Waals surface area contributed by atoms with E-state index in [1.54, 1.807) is 6.07 Å². The lowest BCUT2D eigenvalue weighted by Crippen LogP contribution is -2.27. The van der Waals surface area contributed by atoms with Crippen molar-refractivity contribution in [1.82, 2.24) is 4.98 Å². The van der Waals surface area contributed by atoms with Gasteiger partial charge in [-0.15, -0.1) is 0 Å². The highest BCUT2D eigenvalue weighted by molar-refractivity contribution is 7.18. The zero-order valence-electron chi connectivity index (χ0n) is 18.4. The monoisotopic (exact) mass is 486 g/mol. The number of ether oxygens (including phenoxy) is 2. The van der Waals surface area contributed by atoms with E-state index in [9.17, 15) is 14.0 Å². The summed E-state index contributed by atoms with van der Waals surface area (Å²) >= 11 is 1.09. The van der Waals surface area contributed by atoms with Crippen LogP contribution >= 0.6 is 11.3 Å². The van der Waals surface area contributed by atoms with E-state index in [2.05, 4.69) is 10.3 Å². The number of carbonyl (C=O) groups excluding carboxylic acids is 2. The second kappa shape index (κ2) is 8.32. The zero-order valence-corrected chi connectivity index (χ0v) is 19.2. The maximum absolute atomic E-state index is 13.8. The number of anilines is 1. The molecule has 0 radical (unpaired) electrons. The van der Waals surface area contributed by atoms with Gasteiger partial charge in [0.05, 0.1) is 11.1 Å². The first kappa shape index (κ1) is 21.5. The van der Waals surface area contributed by atoms with Crippen LogP contribution in [0.15, 0.2) is 72.8 Å². The molecule has 0 unspecified atom stereocenters. The third-order valence-corrected chi connectivity index (χ3v) is 7.27. The molecule has 1 amide bonds. The third-order valence-electron chi connectivity index (χ3n) is 6.30. The number of amides is 1. The molecule has 6 rings (SSSR count). The predicted molar refractivity (Wildman–Crippen MR) is 129 cm³/mol. The summed E-state index contributed by atoms with van der Waals surface area (Å²) in [5.41, 5.74) is 1.60. The van der Waals surface area contributed by atoms with Gasteiger partial charge in [0, 0.05) is 11.1 Å². The number of ketones is 1. The Bertz CT molecular complexity index is 1460. The molecule has 1 aliphatic heterocycles. The van der Waals surface area contributed by atoms with Crippen molar-refractivity contribution in [3.8, 4) is 22.8 Å². The molecule has 0 spiro atoms. The summed E-state index contributed by atoms with van der Waals surface area (Å²) in [6.45, 7) is 0.168. The van der Waals surface area contributed by atoms with Gasteiger partial charge >= 0.3 is 0 Å². The Morgan fingerprint density at radius 2 is 1.74 bits per heavy atom. The predicted octanol–water partition coefficient (Wildman–Crippen LogP) is 5.58. The number of hydrogen-bond donors (Lipinski definition) is 1. The van der Waals surface area contributed by atoms with Gasteiger partial charge in [0.15, 0.2) is 16.6 Å². The Kier molecular flexibility index (Phi) is 5.11. The fraction of sp³-hybridized carbons (Fsp3) is 0.148. The summed E-state index contributed by atoms with van der Waals surface area (Å²) in [6, 6.07) is 20.4. The fourth-order valence-corrected chi connectivity index (χ4v) is 5.21. The maximum atomic E-state index is 13.8. The Morgan fingerprint density at radius 3 is 2.51 bits per heavy atom. The Morgan fingerprint density at radius 1 is 0.943 bits per heavy atom. The number of hydrogen-bond acceptors (Lipinski definition) is 6. The molecule has 35 heavy (non-hydrogen) atoms. The average molecular weight is 487 g/mol. The van der Waals surface area contributed by atoms with Crippen LogP contribution in [0.25, 0.3) is 11.3 Å². The molecule has 1 saturated carbocycles. The van der Waals surface area contributed by atoms with Crippen molar-refractivity contribution in [3.63, 3.8) is 0 Å². The van der Waals surface area contributed by atoms with E-state index in [0.717, 1.165) is 22.5 Å². The highest BCUT2D eigenvalue weighted by atomic mass is 32.1. The number of aromatic nitrogens is 1. The molecule has 174 valence electrons. The van der Waals surface area contributed by atoms with Gasteiger partial charge in [0.25, 0.3) is 0 Å². The number of rotatable bonds is 6. The van der Waals surface area contributed by atoms with E-state index in [1.807, 2.05) is 48.5 Å². The van der Waals surface area contributed by atoms with Crippen molar-refractivity contribution in [2.24, 2.45) is 0 Å². The molecule has 6 nitrogen and oxygen atoms in total. The summed E-state index contributed by atoms with van der Waals surface area (Å²) in [5.74, 6) is 0.269. The van der Waals surface area contributed by atoms with Crippen molar-refractivity contribution in [2.75, 3.05) is 12.1 Å². The molecule has 2 aliphatic rings. The van der Waals surface area contributed by atoms with Crippen molar-refractivity contribution in [2.45, 2.75) is 18.3 Å². The molecule has 3 aromatic carbocycles. The van der Waals surface area contributed by atoms with Crippen LogP contribution in [0, 0.1) is 5.82 Å². The van der Waals surface area contributed by atoms with Gasteiger partial charge in [-0.3, -0.25) is 9.59 Å². The second-order valence-corrected chi connectivity index (χ2v) is 9.51. The number of halogens is 1. The molecular formula is C27H19FN2O4S. The Balaban J connectivity index is 1.33. The molecule has 1 aromatic heterocycles. The summed E-state index contributed by atoms with van der Waals surface area (Å²) in [7, 11) is 0. The van der Waals surface area contributed by atoms with Gasteiger partial charge in [0.2, 0.25) is 18.5 Å². The minimum absolute atomic E-state index is 0.168. The van der Waals surface area contributed by atoms with Crippen molar-refractivity contribution in [3.05, 3.63) is 94.6 Å². The Labute approximate surface area is 204 Å². The lowest BCUT2D eigenvalue weighted by molar-refractivity contribution is -0.118. The van der Waals surface area contributed by atoms with Crippen LogP contribution in [0.1, 0.15) is 33.6 Å². The van der Waals surface area contributed by atoms with Gasteiger partial charge in [-0.25, -0.2) is 9.37 Å². The molecule has 8 heteroatoms. The summed E-state index contributed by atoms with van der Waals surface area (Å²) in [5, 5.41) is 3.25. The van der Waals surface area contributed by atoms with Crippen LogP contribution in [-0.2, 0) is 10.2 Å². The van der Waals surface area contributed by atoms with Crippen LogP contribution in [0.4, 0.5) is 9.52 Å². The van der Waals surface area contributed by atoms with Crippen molar-refractivity contribution >= 4 is 28.2 Å². The highest BCUT2D eigenvalue weighted by Crippen LogP contribution is 2.51. The van der Waals surface area contributed by atoms with Gasteiger partial charge in [0.1, 0.15) is 10.7 Å². The largest absolute Gasteiger partial charge is 0.454 e. The molecule has 0 bridgehead atoms. The number of nitrogens with zero attached hydrogens (tertiary/aromatic N) is 1. The summed E-state index contributed by atoms with van der Waals surface area (Å²) in [6.07, 6.45) is 1.40. The average Bonchev–Trinajstić information content (AvgIpc) is 3.38. The quantitative estimate of drug-likeness (QED) is 0.360. The SMILES string of the molecule is O=C(c1cccc(F)c1)c1sc(NC(=O)C2(c3ccc4c(c3)OCO4)CC2)nc1-c1ccccc1. The van der Waals surface area contributed by atoms with Crippen LogP contribution in [0.2, 0.25) is 0 Å². The number of fused-ring (bicyclic) bond motifs is 1. The zero-order chi connectivity index (χ0) is 24.0. The second-order valence-electron chi connectivity index (χ2n) is 8.51. The molecule has 2 heterocycles. The number of nitrogens with one attached hydrogen (secondary N) is 1. The lowest BCUT2D eigenvalue weighted by atomic mass is 9.94. The van der Waals surface area contributed by atoms with Crippen LogP contribution in [0.3, 0.4) is 0 Å². The number of carbonyl (C=O) groups is 2. The lowest BCUT2D eigenvalue weighted by Gasteiger charge is -2.15. The minimum Gasteiger partial charge on any atom is -0.454 e. The number of benzene rings is 3. The van der Waals surface area contributed by atoms with E-state index in [4.69, 9.17) is 9.47 Å². The smallest absolute Gasteiger partial charge is 0.236 e. The first-order valence-electron chi connectivity index (χ1n) is 11.1.